The van der Waals surface area contributed by atoms with Gasteiger partial charge in [-0.3, -0.25) is 19.5 Å². The smallest absolute Gasteiger partial charge is 0.278 e. The monoisotopic (exact) mass is 513 g/mol. The van der Waals surface area contributed by atoms with Gasteiger partial charge in [0, 0.05) is 17.8 Å². The second-order valence-electron chi connectivity index (χ2n) is 9.80. The Morgan fingerprint density at radius 2 is 1.89 bits per heavy atom. The molecule has 0 aliphatic carbocycles. The summed E-state index contributed by atoms with van der Waals surface area (Å²) in [6.45, 7) is 6.89. The van der Waals surface area contributed by atoms with Crippen molar-refractivity contribution >= 4 is 28.7 Å². The quantitative estimate of drug-likeness (QED) is 0.343. The predicted octanol–water partition coefficient (Wildman–Crippen LogP) is 3.83. The molecule has 5 rings (SSSR count). The molecule has 2 atom stereocenters. The molecule has 0 bridgehead atoms. The molecule has 1 saturated heterocycles. The van der Waals surface area contributed by atoms with Gasteiger partial charge in [-0.2, -0.15) is 0 Å². The summed E-state index contributed by atoms with van der Waals surface area (Å²) in [6.07, 6.45) is 5.07. The van der Waals surface area contributed by atoms with Gasteiger partial charge in [-0.25, -0.2) is 4.52 Å². The Morgan fingerprint density at radius 3 is 2.61 bits per heavy atom. The Bertz CT molecular complexity index is 1480. The first-order chi connectivity index (χ1) is 18.3. The Hall–Kier alpha value is -4.15. The van der Waals surface area contributed by atoms with E-state index in [4.69, 9.17) is 0 Å². The van der Waals surface area contributed by atoms with E-state index in [0.29, 0.717) is 35.2 Å². The zero-order chi connectivity index (χ0) is 26.8. The van der Waals surface area contributed by atoms with Crippen LogP contribution in [0.3, 0.4) is 0 Å². The molecule has 3 N–H and O–H groups in total. The largest absolute Gasteiger partial charge is 0.389 e. The molecule has 0 radical (unpaired) electrons. The van der Waals surface area contributed by atoms with Crippen molar-refractivity contribution in [2.45, 2.75) is 45.8 Å². The third-order valence-electron chi connectivity index (χ3n) is 7.01. The normalized spacial score (nSPS) is 16.5. The number of nitrogens with one attached hydrogen (secondary N) is 2. The highest BCUT2D eigenvalue weighted by molar-refractivity contribution is 6.08. The number of carbonyl (C=O) groups is 2. The summed E-state index contributed by atoms with van der Waals surface area (Å²) in [5.74, 6) is -0.532. The van der Waals surface area contributed by atoms with Crippen LogP contribution in [0.5, 0.6) is 0 Å². The molecule has 1 aliphatic heterocycles. The Morgan fingerprint density at radius 1 is 1.13 bits per heavy atom. The van der Waals surface area contributed by atoms with Crippen LogP contribution < -0.4 is 10.6 Å². The zero-order valence-corrected chi connectivity index (χ0v) is 21.7. The van der Waals surface area contributed by atoms with E-state index >= 15 is 0 Å². The highest BCUT2D eigenvalue weighted by atomic mass is 16.3. The highest BCUT2D eigenvalue weighted by Gasteiger charge is 2.22. The molecule has 38 heavy (non-hydrogen) atoms. The van der Waals surface area contributed by atoms with Crippen LogP contribution in [0.25, 0.3) is 16.6 Å². The van der Waals surface area contributed by atoms with E-state index in [9.17, 15) is 14.7 Å². The summed E-state index contributed by atoms with van der Waals surface area (Å²) < 4.78 is 1.56. The molecule has 1 fully saturated rings. The molecule has 2 amide bonds. The molecule has 0 saturated carbocycles. The number of likely N-dealkylation sites (tertiary alicyclic amines) is 1. The third kappa shape index (κ3) is 5.41. The van der Waals surface area contributed by atoms with Crippen LogP contribution in [0.15, 0.2) is 54.9 Å². The summed E-state index contributed by atoms with van der Waals surface area (Å²) in [7, 11) is 0. The van der Waals surface area contributed by atoms with Crippen molar-refractivity contribution in [1.29, 1.82) is 0 Å². The topological polar surface area (TPSA) is 125 Å². The van der Waals surface area contributed by atoms with Crippen LogP contribution in [0.1, 0.15) is 54.5 Å². The van der Waals surface area contributed by atoms with Gasteiger partial charge in [-0.1, -0.05) is 35.5 Å². The number of aryl methyl sites for hydroxylation is 1. The standard InChI is InChI=1S/C28H31N7O3/c1-17-5-4-12-34(17)16-26(37)30-23-13-24(18(2)29-14-23)31-28(38)27-25-11-10-22(15-35(25)33-32-27)21-8-6-20(7-9-21)19(3)36/h6-11,13-15,17,19,36H,4-5,12,16H2,1-3H3,(H,30,37)(H,31,38)/t17-,19?/m0/s1. The number of hydrogen-bond acceptors (Lipinski definition) is 7. The van der Waals surface area contributed by atoms with E-state index in [1.807, 2.05) is 30.3 Å². The maximum absolute atomic E-state index is 13.1. The van der Waals surface area contributed by atoms with Gasteiger partial charge in [-0.15, -0.1) is 5.10 Å². The second-order valence-corrected chi connectivity index (χ2v) is 9.80. The van der Waals surface area contributed by atoms with Crippen molar-refractivity contribution in [2.24, 2.45) is 0 Å². The molecule has 1 aliphatic rings. The summed E-state index contributed by atoms with van der Waals surface area (Å²) in [5.41, 5.74) is 5.04. The lowest BCUT2D eigenvalue weighted by Gasteiger charge is -2.20. The minimum atomic E-state index is -0.530. The second kappa shape index (κ2) is 10.7. The Balaban J connectivity index is 1.30. The molecular weight excluding hydrogens is 482 g/mol. The number of fused-ring (bicyclic) bond motifs is 1. The number of amides is 2. The molecule has 3 aromatic heterocycles. The van der Waals surface area contributed by atoms with Crippen LogP contribution in [0.4, 0.5) is 11.4 Å². The number of pyridine rings is 2. The molecule has 0 spiro atoms. The van der Waals surface area contributed by atoms with E-state index in [0.717, 1.165) is 36.1 Å². The third-order valence-corrected chi connectivity index (χ3v) is 7.01. The first-order valence-corrected chi connectivity index (χ1v) is 12.7. The molecule has 4 aromatic rings. The Kier molecular flexibility index (Phi) is 7.17. The molecule has 4 heterocycles. The van der Waals surface area contributed by atoms with Gasteiger partial charge in [0.15, 0.2) is 5.69 Å². The Labute approximate surface area is 220 Å². The van der Waals surface area contributed by atoms with Crippen molar-refractivity contribution in [1.82, 2.24) is 24.7 Å². The van der Waals surface area contributed by atoms with Gasteiger partial charge >= 0.3 is 0 Å². The molecule has 1 unspecified atom stereocenters. The lowest BCUT2D eigenvalue weighted by atomic mass is 10.0. The number of carbonyl (C=O) groups excluding carboxylic acids is 2. The maximum atomic E-state index is 13.1. The highest BCUT2D eigenvalue weighted by Crippen LogP contribution is 2.24. The molecule has 1 aromatic carbocycles. The number of rotatable bonds is 7. The van der Waals surface area contributed by atoms with Crippen LogP contribution in [0.2, 0.25) is 0 Å². The fourth-order valence-corrected chi connectivity index (χ4v) is 4.70. The number of benzene rings is 1. The SMILES string of the molecule is Cc1ncc(NC(=O)CN2CCC[C@@H]2C)cc1NC(=O)c1nnn2cc(-c3ccc(C(C)O)cc3)ccc12. The van der Waals surface area contributed by atoms with Gasteiger partial charge in [0.2, 0.25) is 5.91 Å². The lowest BCUT2D eigenvalue weighted by molar-refractivity contribution is -0.117. The van der Waals surface area contributed by atoms with E-state index in [2.05, 4.69) is 37.8 Å². The van der Waals surface area contributed by atoms with Crippen molar-refractivity contribution < 1.29 is 14.7 Å². The van der Waals surface area contributed by atoms with Crippen molar-refractivity contribution in [2.75, 3.05) is 23.7 Å². The van der Waals surface area contributed by atoms with E-state index in [1.165, 1.54) is 0 Å². The summed E-state index contributed by atoms with van der Waals surface area (Å²) >= 11 is 0. The average Bonchev–Trinajstić information content (AvgIpc) is 3.51. The van der Waals surface area contributed by atoms with Crippen molar-refractivity contribution in [3.63, 3.8) is 0 Å². The van der Waals surface area contributed by atoms with Gasteiger partial charge in [0.05, 0.1) is 41.4 Å². The van der Waals surface area contributed by atoms with Gasteiger partial charge in [0.25, 0.3) is 5.91 Å². The summed E-state index contributed by atoms with van der Waals surface area (Å²) in [5, 5.41) is 23.7. The number of aliphatic hydroxyl groups is 1. The minimum Gasteiger partial charge on any atom is -0.389 e. The fourth-order valence-electron chi connectivity index (χ4n) is 4.70. The van der Waals surface area contributed by atoms with Crippen LogP contribution in [-0.2, 0) is 4.79 Å². The van der Waals surface area contributed by atoms with Gasteiger partial charge in [0.1, 0.15) is 0 Å². The van der Waals surface area contributed by atoms with Crippen LogP contribution in [-0.4, -0.2) is 60.8 Å². The van der Waals surface area contributed by atoms with Crippen molar-refractivity contribution in [3.05, 3.63) is 71.8 Å². The van der Waals surface area contributed by atoms with Crippen LogP contribution in [0, 0.1) is 6.92 Å². The van der Waals surface area contributed by atoms with E-state index in [-0.39, 0.29) is 11.6 Å². The zero-order valence-electron chi connectivity index (χ0n) is 21.7. The number of aliphatic hydroxyl groups excluding tert-OH is 1. The number of aromatic nitrogens is 4. The molecule has 196 valence electrons. The predicted molar refractivity (Wildman–Crippen MR) is 145 cm³/mol. The molecule has 10 heteroatoms. The average molecular weight is 514 g/mol. The molecular formula is C28H31N7O3. The number of hydrogen-bond donors (Lipinski definition) is 3. The first-order valence-electron chi connectivity index (χ1n) is 12.7. The van der Waals surface area contributed by atoms with E-state index in [1.54, 1.807) is 42.9 Å². The fraction of sp³-hybridized carbons (Fsp3) is 0.321. The minimum absolute atomic E-state index is 0.109. The maximum Gasteiger partial charge on any atom is 0.278 e. The lowest BCUT2D eigenvalue weighted by Crippen LogP contribution is -2.35. The number of anilines is 2. The van der Waals surface area contributed by atoms with Gasteiger partial charge < -0.3 is 15.7 Å². The molecule has 10 nitrogen and oxygen atoms in total. The van der Waals surface area contributed by atoms with Gasteiger partial charge in [-0.05, 0) is 63.4 Å². The summed E-state index contributed by atoms with van der Waals surface area (Å²) in [6, 6.07) is 13.4. The van der Waals surface area contributed by atoms with E-state index < -0.39 is 12.0 Å². The number of nitrogens with zero attached hydrogens (tertiary/aromatic N) is 5. The van der Waals surface area contributed by atoms with Crippen molar-refractivity contribution in [3.8, 4) is 11.1 Å². The van der Waals surface area contributed by atoms with Crippen LogP contribution >= 0.6 is 0 Å². The first kappa shape index (κ1) is 25.5. The summed E-state index contributed by atoms with van der Waals surface area (Å²) in [4.78, 5) is 32.2.